The van der Waals surface area contributed by atoms with Gasteiger partial charge in [0.1, 0.15) is 11.6 Å². The Kier molecular flexibility index (Phi) is 16.6. The summed E-state index contributed by atoms with van der Waals surface area (Å²) >= 11 is 0. The number of halogens is 2. The van der Waals surface area contributed by atoms with E-state index in [2.05, 4.69) is 6.92 Å². The number of aryl methyl sites for hydroxylation is 1. The van der Waals surface area contributed by atoms with Crippen LogP contribution in [0.2, 0.25) is 0 Å². The van der Waals surface area contributed by atoms with Crippen LogP contribution >= 0.6 is 0 Å². The number of hydrogen-bond donors (Lipinski definition) is 0. The van der Waals surface area contributed by atoms with Gasteiger partial charge in [-0.25, -0.2) is 8.78 Å². The molecule has 1 unspecified atom stereocenters. The van der Waals surface area contributed by atoms with E-state index >= 15 is 0 Å². The molecule has 0 aliphatic heterocycles. The molecule has 5 heteroatoms. The Bertz CT molecular complexity index is 597. The maximum atomic E-state index is 13.8. The monoisotopic (exact) mass is 470 g/mol. The zero-order valence-corrected chi connectivity index (χ0v) is 21.7. The van der Waals surface area contributed by atoms with Crippen LogP contribution in [0.5, 0.6) is 0 Å². The van der Waals surface area contributed by atoms with Crippen LogP contribution in [0.25, 0.3) is 0 Å². The van der Waals surface area contributed by atoms with E-state index in [1.807, 2.05) is 27.7 Å². The molecule has 0 N–H and O–H groups in total. The normalized spacial score (nSPS) is 12.9. The number of hydrogen-bond acceptors (Lipinski definition) is 3. The number of rotatable bonds is 20. The predicted octanol–water partition coefficient (Wildman–Crippen LogP) is 8.73. The van der Waals surface area contributed by atoms with Gasteiger partial charge in [-0.2, -0.15) is 0 Å². The fraction of sp³-hybridized carbons (Fsp3) is 0.786. The topological polar surface area (TPSA) is 27.7 Å². The van der Waals surface area contributed by atoms with Crippen LogP contribution in [0.1, 0.15) is 117 Å². The second-order valence-corrected chi connectivity index (χ2v) is 9.66. The van der Waals surface area contributed by atoms with Gasteiger partial charge in [0.25, 0.3) is 6.48 Å². The van der Waals surface area contributed by atoms with Crippen molar-refractivity contribution in [2.75, 3.05) is 0 Å². The van der Waals surface area contributed by atoms with Crippen LogP contribution in [0.4, 0.5) is 8.78 Å². The highest BCUT2D eigenvalue weighted by Gasteiger charge is 2.20. The highest BCUT2D eigenvalue weighted by Crippen LogP contribution is 2.20. The number of ether oxygens (including phenoxy) is 3. The van der Waals surface area contributed by atoms with E-state index in [1.54, 1.807) is 6.07 Å². The summed E-state index contributed by atoms with van der Waals surface area (Å²) in [5.41, 5.74) is 0.586. The second kappa shape index (κ2) is 18.3. The Morgan fingerprint density at radius 2 is 1.24 bits per heavy atom. The van der Waals surface area contributed by atoms with Gasteiger partial charge in [-0.1, -0.05) is 70.8 Å². The van der Waals surface area contributed by atoms with E-state index in [4.69, 9.17) is 14.2 Å². The molecule has 33 heavy (non-hydrogen) atoms. The van der Waals surface area contributed by atoms with Crippen LogP contribution < -0.4 is 0 Å². The summed E-state index contributed by atoms with van der Waals surface area (Å²) in [4.78, 5) is 0. The van der Waals surface area contributed by atoms with Crippen LogP contribution in [0, 0.1) is 11.6 Å². The Labute approximate surface area is 201 Å². The predicted molar refractivity (Wildman–Crippen MR) is 132 cm³/mol. The van der Waals surface area contributed by atoms with Gasteiger partial charge in [0.05, 0.1) is 18.3 Å². The molecule has 192 valence electrons. The molecule has 0 aromatic heterocycles. The van der Waals surface area contributed by atoms with E-state index in [1.165, 1.54) is 44.6 Å². The third-order valence-corrected chi connectivity index (χ3v) is 5.69. The first-order valence-electron chi connectivity index (χ1n) is 13.2. The summed E-state index contributed by atoms with van der Waals surface area (Å²) < 4.78 is 44.9. The minimum absolute atomic E-state index is 0.0265. The molecule has 1 aromatic carbocycles. The average molecular weight is 471 g/mol. The first-order valence-corrected chi connectivity index (χ1v) is 13.2. The van der Waals surface area contributed by atoms with Crippen LogP contribution in [-0.4, -0.2) is 24.8 Å². The van der Waals surface area contributed by atoms with E-state index < -0.39 is 18.1 Å². The van der Waals surface area contributed by atoms with Crippen LogP contribution in [-0.2, 0) is 20.6 Å². The molecule has 1 aromatic rings. The van der Waals surface area contributed by atoms with Crippen molar-refractivity contribution in [3.63, 3.8) is 0 Å². The Morgan fingerprint density at radius 3 is 1.79 bits per heavy atom. The highest BCUT2D eigenvalue weighted by molar-refractivity contribution is 5.18. The lowest BCUT2D eigenvalue weighted by atomic mass is 10.0. The zero-order chi connectivity index (χ0) is 24.5. The van der Waals surface area contributed by atoms with Crippen LogP contribution in [0.3, 0.4) is 0 Å². The fourth-order valence-corrected chi connectivity index (χ4v) is 3.90. The molecular weight excluding hydrogens is 422 g/mol. The first-order chi connectivity index (χ1) is 15.8. The molecule has 0 heterocycles. The molecule has 0 saturated heterocycles. The Hall–Kier alpha value is -1.04. The molecule has 0 radical (unpaired) electrons. The molecular formula is C28H48F2O3. The van der Waals surface area contributed by atoms with Crippen molar-refractivity contribution in [2.24, 2.45) is 0 Å². The van der Waals surface area contributed by atoms with E-state index in [-0.39, 0.29) is 18.3 Å². The molecule has 1 rings (SSSR count). The molecule has 0 bridgehead atoms. The molecule has 0 spiro atoms. The summed E-state index contributed by atoms with van der Waals surface area (Å²) in [6, 6.07) is 3.84. The largest absolute Gasteiger partial charge is 0.327 e. The van der Waals surface area contributed by atoms with Gasteiger partial charge in [-0.05, 0) is 65.0 Å². The summed E-state index contributed by atoms with van der Waals surface area (Å²) in [6.45, 7) is 9.54. The van der Waals surface area contributed by atoms with E-state index in [9.17, 15) is 8.78 Å². The minimum Gasteiger partial charge on any atom is -0.327 e. The van der Waals surface area contributed by atoms with Gasteiger partial charge in [-0.15, -0.1) is 0 Å². The zero-order valence-electron chi connectivity index (χ0n) is 21.7. The SMILES string of the molecule is CCCCCCCCCC(CCCCCc1ccc(F)cc1F)OC(OC(C)C)OC(C)C. The van der Waals surface area contributed by atoms with Gasteiger partial charge in [0.2, 0.25) is 0 Å². The van der Waals surface area contributed by atoms with Crippen molar-refractivity contribution >= 4 is 0 Å². The van der Waals surface area contributed by atoms with Gasteiger partial charge in [0, 0.05) is 6.07 Å². The van der Waals surface area contributed by atoms with Crippen LogP contribution in [0.15, 0.2) is 18.2 Å². The van der Waals surface area contributed by atoms with Gasteiger partial charge >= 0.3 is 0 Å². The van der Waals surface area contributed by atoms with E-state index in [0.717, 1.165) is 44.6 Å². The molecule has 1 atom stereocenters. The summed E-state index contributed by atoms with van der Waals surface area (Å²) in [7, 11) is 0. The maximum absolute atomic E-state index is 13.8. The maximum Gasteiger partial charge on any atom is 0.272 e. The Balaban J connectivity index is 2.47. The smallest absolute Gasteiger partial charge is 0.272 e. The lowest BCUT2D eigenvalue weighted by molar-refractivity contribution is -0.327. The van der Waals surface area contributed by atoms with Crippen molar-refractivity contribution in [1.29, 1.82) is 0 Å². The van der Waals surface area contributed by atoms with Crippen molar-refractivity contribution < 1.29 is 23.0 Å². The Morgan fingerprint density at radius 1 is 0.697 bits per heavy atom. The summed E-state index contributed by atoms with van der Waals surface area (Å²) in [6.07, 6.45) is 14.5. The number of benzene rings is 1. The standard InChI is InChI=1S/C28H48F2O3/c1-6-7-8-9-10-11-14-17-26(33-28(31-22(2)3)32-23(4)5)18-15-12-13-16-24-19-20-25(29)21-27(24)30/h19-23,26,28H,6-18H2,1-5H3. The first kappa shape index (κ1) is 30.0. The van der Waals surface area contributed by atoms with Gasteiger partial charge in [0.15, 0.2) is 0 Å². The molecule has 0 aliphatic rings. The molecule has 0 amide bonds. The van der Waals surface area contributed by atoms with Gasteiger partial charge < -0.3 is 14.2 Å². The lowest BCUT2D eigenvalue weighted by Crippen LogP contribution is -2.31. The second-order valence-electron chi connectivity index (χ2n) is 9.66. The van der Waals surface area contributed by atoms with Gasteiger partial charge in [-0.3, -0.25) is 0 Å². The molecule has 0 aliphatic carbocycles. The molecule has 0 fully saturated rings. The van der Waals surface area contributed by atoms with Crippen molar-refractivity contribution in [1.82, 2.24) is 0 Å². The fourth-order valence-electron chi connectivity index (χ4n) is 3.90. The summed E-state index contributed by atoms with van der Waals surface area (Å²) in [5.74, 6) is -0.974. The van der Waals surface area contributed by atoms with Crippen molar-refractivity contribution in [2.45, 2.75) is 143 Å². The number of unbranched alkanes of at least 4 members (excludes halogenated alkanes) is 8. The molecule has 0 saturated carbocycles. The minimum atomic E-state index is -0.645. The van der Waals surface area contributed by atoms with E-state index in [0.29, 0.717) is 12.0 Å². The quantitative estimate of drug-likeness (QED) is 0.141. The van der Waals surface area contributed by atoms with Crippen molar-refractivity contribution in [3.05, 3.63) is 35.4 Å². The molecule has 3 nitrogen and oxygen atoms in total. The lowest BCUT2D eigenvalue weighted by Gasteiger charge is -2.27. The third-order valence-electron chi connectivity index (χ3n) is 5.69. The summed E-state index contributed by atoms with van der Waals surface area (Å²) in [5, 5.41) is 0. The third kappa shape index (κ3) is 15.5. The highest BCUT2D eigenvalue weighted by atomic mass is 19.1. The van der Waals surface area contributed by atoms with Crippen molar-refractivity contribution in [3.8, 4) is 0 Å². The average Bonchev–Trinajstić information content (AvgIpc) is 2.73.